The van der Waals surface area contributed by atoms with Crippen LogP contribution in [-0.2, 0) is 0 Å². The molecule has 0 spiro atoms. The number of rotatable bonds is 2. The van der Waals surface area contributed by atoms with Gasteiger partial charge in [-0.25, -0.2) is 10.9 Å². The summed E-state index contributed by atoms with van der Waals surface area (Å²) in [6, 6.07) is 8.94. The lowest BCUT2D eigenvalue weighted by molar-refractivity contribution is 0.410. The molecule has 1 saturated heterocycles. The van der Waals surface area contributed by atoms with Crippen LogP contribution in [0.2, 0.25) is 0 Å². The largest absolute Gasteiger partial charge is 0.315 e. The lowest BCUT2D eigenvalue weighted by Gasteiger charge is -2.19. The molecule has 1 aromatic rings. The maximum absolute atomic E-state index is 5.98. The molecule has 1 aliphatic heterocycles. The number of nitrogens with two attached hydrogens (primary N) is 1. The lowest BCUT2D eigenvalue weighted by Crippen LogP contribution is -2.39. The van der Waals surface area contributed by atoms with Crippen LogP contribution in [0.3, 0.4) is 0 Å². The van der Waals surface area contributed by atoms with Crippen molar-refractivity contribution in [2.24, 2.45) is 11.7 Å². The van der Waals surface area contributed by atoms with Gasteiger partial charge < -0.3 is 5.73 Å². The molecule has 0 amide bonds. The van der Waals surface area contributed by atoms with Crippen molar-refractivity contribution >= 4 is 0 Å². The summed E-state index contributed by atoms with van der Waals surface area (Å²) in [5.74, 6) is 0.465. The van der Waals surface area contributed by atoms with Crippen LogP contribution in [0.25, 0.3) is 0 Å². The molecule has 3 atom stereocenters. The van der Waals surface area contributed by atoms with Gasteiger partial charge in [0.1, 0.15) is 0 Å². The highest BCUT2D eigenvalue weighted by molar-refractivity contribution is 5.26. The third-order valence-electron chi connectivity index (χ3n) is 3.17. The van der Waals surface area contributed by atoms with E-state index in [-0.39, 0.29) is 6.17 Å². The SMILES string of the molecule is CCC1C(N)NNC1c1cccc(C)c1. The fourth-order valence-corrected chi connectivity index (χ4v) is 2.29. The van der Waals surface area contributed by atoms with Crippen LogP contribution >= 0.6 is 0 Å². The molecule has 3 nitrogen and oxygen atoms in total. The van der Waals surface area contributed by atoms with Crippen LogP contribution in [-0.4, -0.2) is 6.17 Å². The first-order chi connectivity index (χ1) is 7.22. The van der Waals surface area contributed by atoms with Crippen molar-refractivity contribution in [2.45, 2.75) is 32.5 Å². The first-order valence-corrected chi connectivity index (χ1v) is 5.55. The van der Waals surface area contributed by atoms with Crippen LogP contribution in [0.5, 0.6) is 0 Å². The molecule has 82 valence electrons. The van der Waals surface area contributed by atoms with Gasteiger partial charge in [0.25, 0.3) is 0 Å². The average molecular weight is 205 g/mol. The summed E-state index contributed by atoms with van der Waals surface area (Å²) in [4.78, 5) is 0. The molecule has 3 heteroatoms. The number of hydrogen-bond acceptors (Lipinski definition) is 3. The number of hydrogen-bond donors (Lipinski definition) is 3. The van der Waals surface area contributed by atoms with Crippen molar-refractivity contribution in [3.8, 4) is 0 Å². The van der Waals surface area contributed by atoms with E-state index in [0.29, 0.717) is 12.0 Å². The molecule has 1 aromatic carbocycles. The molecule has 0 aliphatic carbocycles. The maximum Gasteiger partial charge on any atom is 0.0726 e. The van der Waals surface area contributed by atoms with Gasteiger partial charge in [-0.2, -0.15) is 0 Å². The van der Waals surface area contributed by atoms with Crippen molar-refractivity contribution < 1.29 is 0 Å². The third kappa shape index (κ3) is 2.04. The van der Waals surface area contributed by atoms with Crippen LogP contribution in [0, 0.1) is 12.8 Å². The van der Waals surface area contributed by atoms with Gasteiger partial charge in [-0.15, -0.1) is 0 Å². The quantitative estimate of drug-likeness (QED) is 0.685. The van der Waals surface area contributed by atoms with E-state index in [4.69, 9.17) is 5.73 Å². The zero-order valence-electron chi connectivity index (χ0n) is 9.33. The fourth-order valence-electron chi connectivity index (χ4n) is 2.29. The highest BCUT2D eigenvalue weighted by atomic mass is 15.5. The molecule has 1 aliphatic rings. The van der Waals surface area contributed by atoms with Crippen molar-refractivity contribution in [1.82, 2.24) is 10.9 Å². The van der Waals surface area contributed by atoms with Gasteiger partial charge in [-0.05, 0) is 18.9 Å². The second-order valence-electron chi connectivity index (χ2n) is 4.28. The molecule has 0 aromatic heterocycles. The van der Waals surface area contributed by atoms with Crippen LogP contribution in [0.15, 0.2) is 24.3 Å². The standard InChI is InChI=1S/C12H19N3/c1-3-10-11(14-15-12(10)13)9-6-4-5-8(2)7-9/h4-7,10-12,14-15H,3,13H2,1-2H3. The van der Waals surface area contributed by atoms with Gasteiger partial charge >= 0.3 is 0 Å². The van der Waals surface area contributed by atoms with E-state index in [1.807, 2.05) is 0 Å². The van der Waals surface area contributed by atoms with E-state index in [1.54, 1.807) is 0 Å². The summed E-state index contributed by atoms with van der Waals surface area (Å²) < 4.78 is 0. The summed E-state index contributed by atoms with van der Waals surface area (Å²) in [7, 11) is 0. The molecule has 0 bridgehead atoms. The average Bonchev–Trinajstić information content (AvgIpc) is 2.59. The Balaban J connectivity index is 2.23. The second kappa shape index (κ2) is 4.31. The van der Waals surface area contributed by atoms with Gasteiger partial charge in [0.05, 0.1) is 12.2 Å². The van der Waals surface area contributed by atoms with Crippen molar-refractivity contribution in [3.63, 3.8) is 0 Å². The molecule has 1 fully saturated rings. The van der Waals surface area contributed by atoms with Crippen LogP contribution in [0.1, 0.15) is 30.5 Å². The molecule has 4 N–H and O–H groups in total. The molecule has 0 radical (unpaired) electrons. The third-order valence-corrected chi connectivity index (χ3v) is 3.17. The molecular weight excluding hydrogens is 186 g/mol. The molecule has 2 rings (SSSR count). The Morgan fingerprint density at radius 1 is 1.33 bits per heavy atom. The number of nitrogens with one attached hydrogen (secondary N) is 2. The Bertz CT molecular complexity index is 337. The topological polar surface area (TPSA) is 50.1 Å². The van der Waals surface area contributed by atoms with Gasteiger partial charge in [0.2, 0.25) is 0 Å². The van der Waals surface area contributed by atoms with Crippen LogP contribution in [0.4, 0.5) is 0 Å². The first kappa shape index (κ1) is 10.6. The summed E-state index contributed by atoms with van der Waals surface area (Å²) >= 11 is 0. The van der Waals surface area contributed by atoms with Gasteiger partial charge in [-0.1, -0.05) is 36.8 Å². The zero-order valence-corrected chi connectivity index (χ0v) is 9.33. The van der Waals surface area contributed by atoms with Gasteiger partial charge in [0.15, 0.2) is 0 Å². The number of hydrazine groups is 1. The normalized spacial score (nSPS) is 30.7. The minimum Gasteiger partial charge on any atom is -0.315 e. The van der Waals surface area contributed by atoms with Gasteiger partial charge in [-0.3, -0.25) is 0 Å². The Morgan fingerprint density at radius 3 is 2.80 bits per heavy atom. The predicted molar refractivity (Wildman–Crippen MR) is 61.9 cm³/mol. The Morgan fingerprint density at radius 2 is 2.13 bits per heavy atom. The highest BCUT2D eigenvalue weighted by Crippen LogP contribution is 2.29. The summed E-state index contributed by atoms with van der Waals surface area (Å²) in [6.07, 6.45) is 1.14. The van der Waals surface area contributed by atoms with Crippen molar-refractivity contribution in [2.75, 3.05) is 0 Å². The Hall–Kier alpha value is -0.900. The van der Waals surface area contributed by atoms with E-state index in [2.05, 4.69) is 49.0 Å². The number of benzene rings is 1. The van der Waals surface area contributed by atoms with Crippen molar-refractivity contribution in [1.29, 1.82) is 0 Å². The van der Waals surface area contributed by atoms with Crippen LogP contribution < -0.4 is 16.6 Å². The Labute approximate surface area is 91.0 Å². The van der Waals surface area contributed by atoms with Crippen molar-refractivity contribution in [3.05, 3.63) is 35.4 Å². The predicted octanol–water partition coefficient (Wildman–Crippen LogP) is 1.45. The molecule has 15 heavy (non-hydrogen) atoms. The minimum atomic E-state index is 0.0560. The van der Waals surface area contributed by atoms with Gasteiger partial charge in [0, 0.05) is 5.92 Å². The zero-order chi connectivity index (χ0) is 10.8. The summed E-state index contributed by atoms with van der Waals surface area (Å²) in [6.45, 7) is 4.30. The smallest absolute Gasteiger partial charge is 0.0726 e. The fraction of sp³-hybridized carbons (Fsp3) is 0.500. The summed E-state index contributed by atoms with van der Waals surface area (Å²) in [5, 5.41) is 0. The second-order valence-corrected chi connectivity index (χ2v) is 4.28. The lowest BCUT2D eigenvalue weighted by atomic mass is 9.90. The Kier molecular flexibility index (Phi) is 3.05. The van der Waals surface area contributed by atoms with E-state index in [1.165, 1.54) is 11.1 Å². The highest BCUT2D eigenvalue weighted by Gasteiger charge is 2.32. The monoisotopic (exact) mass is 205 g/mol. The molecular formula is C12H19N3. The molecule has 0 saturated carbocycles. The van der Waals surface area contributed by atoms with E-state index in [9.17, 15) is 0 Å². The summed E-state index contributed by atoms with van der Waals surface area (Å²) in [5.41, 5.74) is 15.0. The van der Waals surface area contributed by atoms with E-state index in [0.717, 1.165) is 6.42 Å². The molecule has 3 unspecified atom stereocenters. The molecule has 1 heterocycles. The van der Waals surface area contributed by atoms with E-state index >= 15 is 0 Å². The number of aryl methyl sites for hydroxylation is 1. The maximum atomic E-state index is 5.98. The van der Waals surface area contributed by atoms with E-state index < -0.39 is 0 Å². The minimum absolute atomic E-state index is 0.0560. The first-order valence-electron chi connectivity index (χ1n) is 5.55.